The molecular formula is C18H26O2. The van der Waals surface area contributed by atoms with Crippen molar-refractivity contribution < 1.29 is 9.47 Å². The van der Waals surface area contributed by atoms with Crippen molar-refractivity contribution in [1.82, 2.24) is 0 Å². The Balaban J connectivity index is 1.72. The van der Waals surface area contributed by atoms with Crippen molar-refractivity contribution in [3.05, 3.63) is 42.0 Å². The molecule has 1 aliphatic heterocycles. The maximum Gasteiger partial charge on any atom is 0.123 e. The predicted molar refractivity (Wildman–Crippen MR) is 83.3 cm³/mol. The van der Waals surface area contributed by atoms with E-state index in [1.807, 2.05) is 6.07 Å². The molecule has 1 unspecified atom stereocenters. The van der Waals surface area contributed by atoms with Crippen molar-refractivity contribution in [3.8, 4) is 5.75 Å². The zero-order chi connectivity index (χ0) is 14.3. The molecule has 2 rings (SSSR count). The molecule has 1 saturated heterocycles. The molecule has 0 N–H and O–H groups in total. The zero-order valence-corrected chi connectivity index (χ0v) is 12.7. The lowest BCUT2D eigenvalue weighted by atomic mass is 10.1. The van der Waals surface area contributed by atoms with Crippen LogP contribution in [0.1, 0.15) is 45.1 Å². The average molecular weight is 274 g/mol. The van der Waals surface area contributed by atoms with Gasteiger partial charge >= 0.3 is 0 Å². The van der Waals surface area contributed by atoms with E-state index in [2.05, 4.69) is 44.2 Å². The second-order valence-corrected chi connectivity index (χ2v) is 5.83. The van der Waals surface area contributed by atoms with Gasteiger partial charge in [-0.1, -0.05) is 44.1 Å². The van der Waals surface area contributed by atoms with Gasteiger partial charge in [0.05, 0.1) is 6.61 Å². The summed E-state index contributed by atoms with van der Waals surface area (Å²) in [6, 6.07) is 8.40. The summed E-state index contributed by atoms with van der Waals surface area (Å²) >= 11 is 0. The summed E-state index contributed by atoms with van der Waals surface area (Å²) < 4.78 is 11.1. The second kappa shape index (κ2) is 7.49. The molecule has 1 aromatic rings. The van der Waals surface area contributed by atoms with Gasteiger partial charge in [0.1, 0.15) is 18.0 Å². The van der Waals surface area contributed by atoms with E-state index in [1.54, 1.807) is 0 Å². The maximum absolute atomic E-state index is 5.79. The van der Waals surface area contributed by atoms with Gasteiger partial charge in [-0.15, -0.1) is 0 Å². The summed E-state index contributed by atoms with van der Waals surface area (Å²) in [5, 5.41) is 0. The monoisotopic (exact) mass is 274 g/mol. The first-order valence-corrected chi connectivity index (χ1v) is 7.72. The Labute approximate surface area is 122 Å². The van der Waals surface area contributed by atoms with E-state index < -0.39 is 0 Å². The third-order valence-electron chi connectivity index (χ3n) is 3.57. The summed E-state index contributed by atoms with van der Waals surface area (Å²) in [6.45, 7) is 5.77. The Hall–Kier alpha value is -1.28. The number of ether oxygens (including phenoxy) is 2. The molecule has 0 bridgehead atoms. The molecule has 2 nitrogen and oxygen atoms in total. The number of hydrogen-bond acceptors (Lipinski definition) is 2. The SMILES string of the molecule is CCCC/C=C/CCc1cccc(OCC2(C)CO2)c1. The van der Waals surface area contributed by atoms with Crippen molar-refractivity contribution in [2.75, 3.05) is 13.2 Å². The highest BCUT2D eigenvalue weighted by molar-refractivity contribution is 5.29. The minimum absolute atomic E-state index is 0.0436. The molecule has 0 aromatic heterocycles. The molecule has 0 radical (unpaired) electrons. The zero-order valence-electron chi connectivity index (χ0n) is 12.7. The smallest absolute Gasteiger partial charge is 0.123 e. The third kappa shape index (κ3) is 5.38. The Kier molecular flexibility index (Phi) is 5.66. The van der Waals surface area contributed by atoms with Gasteiger partial charge in [0.25, 0.3) is 0 Å². The van der Waals surface area contributed by atoms with E-state index in [-0.39, 0.29) is 5.60 Å². The quantitative estimate of drug-likeness (QED) is 0.375. The largest absolute Gasteiger partial charge is 0.490 e. The highest BCUT2D eigenvalue weighted by atomic mass is 16.6. The summed E-state index contributed by atoms with van der Waals surface area (Å²) in [4.78, 5) is 0. The summed E-state index contributed by atoms with van der Waals surface area (Å²) in [7, 11) is 0. The number of aryl methyl sites for hydroxylation is 1. The fourth-order valence-corrected chi connectivity index (χ4v) is 2.04. The van der Waals surface area contributed by atoms with Crippen molar-refractivity contribution in [1.29, 1.82) is 0 Å². The van der Waals surface area contributed by atoms with Crippen LogP contribution in [0.2, 0.25) is 0 Å². The van der Waals surface area contributed by atoms with Gasteiger partial charge in [0.2, 0.25) is 0 Å². The fraction of sp³-hybridized carbons (Fsp3) is 0.556. The molecule has 2 heteroatoms. The van der Waals surface area contributed by atoms with Crippen LogP contribution in [0, 0.1) is 0 Å². The van der Waals surface area contributed by atoms with E-state index in [0.29, 0.717) is 6.61 Å². The van der Waals surface area contributed by atoms with Gasteiger partial charge in [-0.2, -0.15) is 0 Å². The van der Waals surface area contributed by atoms with E-state index in [1.165, 1.54) is 24.8 Å². The summed E-state index contributed by atoms with van der Waals surface area (Å²) in [6.07, 6.45) is 10.5. The van der Waals surface area contributed by atoms with Crippen LogP contribution in [0.15, 0.2) is 36.4 Å². The van der Waals surface area contributed by atoms with Crippen molar-refractivity contribution >= 4 is 0 Å². The first-order chi connectivity index (χ1) is 9.72. The lowest BCUT2D eigenvalue weighted by Gasteiger charge is -2.09. The summed E-state index contributed by atoms with van der Waals surface area (Å²) in [5.74, 6) is 0.953. The van der Waals surface area contributed by atoms with E-state index in [4.69, 9.17) is 9.47 Å². The van der Waals surface area contributed by atoms with Crippen LogP contribution < -0.4 is 4.74 Å². The first kappa shape index (κ1) is 15.1. The number of allylic oxidation sites excluding steroid dienone is 2. The van der Waals surface area contributed by atoms with E-state index in [0.717, 1.165) is 25.2 Å². The molecule has 20 heavy (non-hydrogen) atoms. The molecule has 0 saturated carbocycles. The molecule has 1 atom stereocenters. The van der Waals surface area contributed by atoms with Gasteiger partial charge in [0, 0.05) is 0 Å². The topological polar surface area (TPSA) is 21.8 Å². The van der Waals surface area contributed by atoms with Crippen molar-refractivity contribution in [2.45, 2.75) is 51.6 Å². The van der Waals surface area contributed by atoms with Gasteiger partial charge in [-0.3, -0.25) is 0 Å². The highest BCUT2D eigenvalue weighted by Crippen LogP contribution is 2.27. The van der Waals surface area contributed by atoms with Crippen LogP contribution in [-0.4, -0.2) is 18.8 Å². The molecule has 0 aliphatic carbocycles. The lowest BCUT2D eigenvalue weighted by molar-refractivity contribution is 0.202. The van der Waals surface area contributed by atoms with Gasteiger partial charge < -0.3 is 9.47 Å². The number of epoxide rings is 1. The fourth-order valence-electron chi connectivity index (χ4n) is 2.04. The van der Waals surface area contributed by atoms with E-state index in [9.17, 15) is 0 Å². The molecule has 1 fully saturated rings. The molecule has 1 aromatic carbocycles. The summed E-state index contributed by atoms with van der Waals surface area (Å²) in [5.41, 5.74) is 1.29. The highest BCUT2D eigenvalue weighted by Gasteiger charge is 2.40. The molecular weight excluding hydrogens is 248 g/mol. The first-order valence-electron chi connectivity index (χ1n) is 7.72. The van der Waals surface area contributed by atoms with Crippen LogP contribution in [0.25, 0.3) is 0 Å². The number of rotatable bonds is 9. The van der Waals surface area contributed by atoms with Crippen LogP contribution in [-0.2, 0) is 11.2 Å². The number of hydrogen-bond donors (Lipinski definition) is 0. The second-order valence-electron chi connectivity index (χ2n) is 5.83. The minimum atomic E-state index is -0.0436. The normalized spacial score (nSPS) is 21.3. The van der Waals surface area contributed by atoms with Crippen molar-refractivity contribution in [2.24, 2.45) is 0 Å². The molecule has 110 valence electrons. The average Bonchev–Trinajstić information content (AvgIpc) is 3.20. The molecule has 1 heterocycles. The van der Waals surface area contributed by atoms with Gasteiger partial charge in [-0.05, 0) is 43.9 Å². The Bertz CT molecular complexity index is 433. The standard InChI is InChI=1S/C18H26O2/c1-3-4-5-6-7-8-10-16-11-9-12-17(13-16)19-14-18(2)15-20-18/h6-7,9,11-13H,3-5,8,10,14-15H2,1-2H3/b7-6+. The predicted octanol–water partition coefficient (Wildman–Crippen LogP) is 4.53. The Morgan fingerprint density at radius 2 is 2.10 bits per heavy atom. The Morgan fingerprint density at radius 1 is 1.30 bits per heavy atom. The van der Waals surface area contributed by atoms with E-state index >= 15 is 0 Å². The number of unbranched alkanes of at least 4 members (excludes halogenated alkanes) is 2. The van der Waals surface area contributed by atoms with Crippen molar-refractivity contribution in [3.63, 3.8) is 0 Å². The molecule has 0 spiro atoms. The maximum atomic E-state index is 5.79. The van der Waals surface area contributed by atoms with Crippen LogP contribution >= 0.6 is 0 Å². The lowest BCUT2D eigenvalue weighted by Crippen LogP contribution is -2.16. The number of benzene rings is 1. The van der Waals surface area contributed by atoms with Crippen LogP contribution in [0.3, 0.4) is 0 Å². The molecule has 0 amide bonds. The van der Waals surface area contributed by atoms with Crippen LogP contribution in [0.4, 0.5) is 0 Å². The molecule has 1 aliphatic rings. The van der Waals surface area contributed by atoms with Gasteiger partial charge in [0.15, 0.2) is 0 Å². The third-order valence-corrected chi connectivity index (χ3v) is 3.57. The Morgan fingerprint density at radius 3 is 2.85 bits per heavy atom. The minimum Gasteiger partial charge on any atom is -0.490 e. The van der Waals surface area contributed by atoms with Crippen LogP contribution in [0.5, 0.6) is 5.75 Å². The van der Waals surface area contributed by atoms with Gasteiger partial charge in [-0.25, -0.2) is 0 Å².